The summed E-state index contributed by atoms with van der Waals surface area (Å²) in [5.74, 6) is 0.469. The minimum absolute atomic E-state index is 0.140. The Morgan fingerprint density at radius 1 is 1.00 bits per heavy atom. The summed E-state index contributed by atoms with van der Waals surface area (Å²) in [6, 6.07) is 11.5. The number of amides is 2. The molecular formula is C25H20ClNO4. The molecule has 0 radical (unpaired) electrons. The number of nitrogens with zero attached hydrogens (tertiary/aromatic N) is 1. The molecule has 3 fully saturated rings. The first kappa shape index (κ1) is 18.8. The number of benzene rings is 2. The Kier molecular flexibility index (Phi) is 3.97. The maximum Gasteiger partial charge on any atom is 0.343 e. The van der Waals surface area contributed by atoms with Gasteiger partial charge < -0.3 is 4.74 Å². The van der Waals surface area contributed by atoms with Crippen LogP contribution in [-0.4, -0.2) is 17.8 Å². The molecule has 2 aromatic rings. The number of ether oxygens (including phenoxy) is 1. The quantitative estimate of drug-likeness (QED) is 0.311. The normalized spacial score (nSPS) is 32.1. The molecule has 31 heavy (non-hydrogen) atoms. The average Bonchev–Trinajstić information content (AvgIpc) is 3.54. The maximum atomic E-state index is 13.3. The molecule has 1 heterocycles. The van der Waals surface area contributed by atoms with Crippen molar-refractivity contribution in [3.63, 3.8) is 0 Å². The van der Waals surface area contributed by atoms with Crippen LogP contribution in [0, 0.1) is 42.4 Å². The van der Waals surface area contributed by atoms with Gasteiger partial charge in [-0.15, -0.1) is 0 Å². The Morgan fingerprint density at radius 3 is 2.32 bits per heavy atom. The molecule has 0 unspecified atom stereocenters. The topological polar surface area (TPSA) is 63.7 Å². The smallest absolute Gasteiger partial charge is 0.343 e. The lowest BCUT2D eigenvalue weighted by Crippen LogP contribution is -2.40. The molecule has 0 N–H and O–H groups in total. The van der Waals surface area contributed by atoms with Crippen molar-refractivity contribution in [2.24, 2.45) is 35.5 Å². The van der Waals surface area contributed by atoms with Gasteiger partial charge in [0, 0.05) is 5.02 Å². The van der Waals surface area contributed by atoms with Crippen LogP contribution in [-0.2, 0) is 9.59 Å². The molecule has 4 aliphatic carbocycles. The lowest BCUT2D eigenvalue weighted by molar-refractivity contribution is -0.124. The second-order valence-corrected chi connectivity index (χ2v) is 9.42. The molecule has 0 spiro atoms. The van der Waals surface area contributed by atoms with E-state index < -0.39 is 5.97 Å². The van der Waals surface area contributed by atoms with Gasteiger partial charge in [0.2, 0.25) is 11.8 Å². The summed E-state index contributed by atoms with van der Waals surface area (Å²) in [6.07, 6.45) is 5.43. The van der Waals surface area contributed by atoms with E-state index in [-0.39, 0.29) is 41.0 Å². The molecule has 2 amide bonds. The Morgan fingerprint density at radius 2 is 1.68 bits per heavy atom. The molecule has 5 nitrogen and oxygen atoms in total. The highest BCUT2D eigenvalue weighted by atomic mass is 35.5. The zero-order chi connectivity index (χ0) is 21.4. The third-order valence-corrected chi connectivity index (χ3v) is 7.77. The van der Waals surface area contributed by atoms with Crippen LogP contribution in [0.3, 0.4) is 0 Å². The molecule has 2 saturated carbocycles. The van der Waals surface area contributed by atoms with Crippen LogP contribution in [0.25, 0.3) is 0 Å². The van der Waals surface area contributed by atoms with Crippen molar-refractivity contribution in [2.45, 2.75) is 13.3 Å². The fourth-order valence-corrected chi connectivity index (χ4v) is 5.95. The van der Waals surface area contributed by atoms with Gasteiger partial charge >= 0.3 is 5.97 Å². The highest BCUT2D eigenvalue weighted by Gasteiger charge is 2.67. The van der Waals surface area contributed by atoms with E-state index in [1.807, 2.05) is 6.92 Å². The van der Waals surface area contributed by atoms with E-state index in [0.717, 1.165) is 12.0 Å². The van der Waals surface area contributed by atoms with Crippen LogP contribution in [0.2, 0.25) is 5.02 Å². The largest absolute Gasteiger partial charge is 0.423 e. The standard InChI is InChI=1S/C25H20ClNO4/c1-12-9-15(5-8-20(12)26)31-25(30)13-3-2-4-14(10-13)27-23(28)21-16-6-7-17(19-11-18(16)19)22(21)24(27)29/h2-10,16-19,21-22H,11H2,1H3/t16-,17-,18-,19+,21+,22+/m0/s1. The highest BCUT2D eigenvalue weighted by molar-refractivity contribution is 6.31. The second kappa shape index (κ2) is 6.54. The van der Waals surface area contributed by atoms with Crippen LogP contribution in [0.5, 0.6) is 5.75 Å². The molecule has 1 saturated heterocycles. The summed E-state index contributed by atoms with van der Waals surface area (Å²) in [5, 5.41) is 0.593. The second-order valence-electron chi connectivity index (χ2n) is 9.02. The molecule has 1 aliphatic heterocycles. The number of carbonyl (C=O) groups is 3. The number of carbonyl (C=O) groups excluding carboxylic acids is 3. The molecule has 5 aliphatic rings. The first-order valence-corrected chi connectivity index (χ1v) is 11.0. The fourth-order valence-electron chi connectivity index (χ4n) is 5.83. The van der Waals surface area contributed by atoms with E-state index in [1.54, 1.807) is 42.5 Å². The van der Waals surface area contributed by atoms with Crippen molar-refractivity contribution < 1.29 is 19.1 Å². The maximum absolute atomic E-state index is 13.3. The van der Waals surface area contributed by atoms with Crippen molar-refractivity contribution in [2.75, 3.05) is 4.90 Å². The predicted molar refractivity (Wildman–Crippen MR) is 115 cm³/mol. The van der Waals surface area contributed by atoms with Crippen LogP contribution in [0.4, 0.5) is 5.69 Å². The number of imide groups is 1. The lowest BCUT2D eigenvalue weighted by Gasteiger charge is -2.37. The number of hydrogen-bond acceptors (Lipinski definition) is 4. The predicted octanol–water partition coefficient (Wildman–Crippen LogP) is 4.43. The summed E-state index contributed by atoms with van der Waals surface area (Å²) in [5.41, 5.74) is 1.52. The van der Waals surface area contributed by atoms with Gasteiger partial charge in [-0.3, -0.25) is 9.59 Å². The van der Waals surface area contributed by atoms with Crippen molar-refractivity contribution in [3.05, 3.63) is 70.8 Å². The lowest BCUT2D eigenvalue weighted by atomic mass is 9.63. The van der Waals surface area contributed by atoms with Crippen LogP contribution in [0.1, 0.15) is 22.3 Å². The van der Waals surface area contributed by atoms with Gasteiger partial charge in [-0.2, -0.15) is 0 Å². The first-order valence-electron chi connectivity index (χ1n) is 10.6. The number of anilines is 1. The minimum Gasteiger partial charge on any atom is -0.423 e. The molecular weight excluding hydrogens is 414 g/mol. The van der Waals surface area contributed by atoms with Crippen molar-refractivity contribution in [1.82, 2.24) is 0 Å². The molecule has 2 bridgehead atoms. The summed E-state index contributed by atoms with van der Waals surface area (Å²) in [4.78, 5) is 40.6. The molecule has 6 heteroatoms. The van der Waals surface area contributed by atoms with E-state index in [0.29, 0.717) is 28.3 Å². The van der Waals surface area contributed by atoms with Gasteiger partial charge in [-0.05, 0) is 79.0 Å². The molecule has 6 atom stereocenters. The first-order chi connectivity index (χ1) is 14.9. The van der Waals surface area contributed by atoms with Gasteiger partial charge in [0.1, 0.15) is 5.75 Å². The van der Waals surface area contributed by atoms with Gasteiger partial charge in [-0.1, -0.05) is 29.8 Å². The monoisotopic (exact) mass is 433 g/mol. The number of halogens is 1. The Bertz CT molecular complexity index is 1150. The van der Waals surface area contributed by atoms with E-state index in [4.69, 9.17) is 16.3 Å². The molecule has 0 aromatic heterocycles. The SMILES string of the molecule is Cc1cc(OC(=O)c2cccc(N3C(=O)[C@@H]4[C@H]5C=C[C@@H]([C@@H]6C[C@H]56)[C@H]4C3=O)c2)ccc1Cl. The Labute approximate surface area is 184 Å². The summed E-state index contributed by atoms with van der Waals surface area (Å²) >= 11 is 6.03. The van der Waals surface area contributed by atoms with Gasteiger partial charge in [0.25, 0.3) is 0 Å². The van der Waals surface area contributed by atoms with Crippen LogP contribution < -0.4 is 9.64 Å². The van der Waals surface area contributed by atoms with E-state index >= 15 is 0 Å². The number of rotatable bonds is 3. The summed E-state index contributed by atoms with van der Waals surface area (Å²) in [6.45, 7) is 1.83. The number of hydrogen-bond donors (Lipinski definition) is 0. The van der Waals surface area contributed by atoms with Gasteiger partial charge in [-0.25, -0.2) is 9.69 Å². The highest BCUT2D eigenvalue weighted by Crippen LogP contribution is 2.65. The average molecular weight is 434 g/mol. The zero-order valence-corrected chi connectivity index (χ0v) is 17.6. The number of esters is 1. The third-order valence-electron chi connectivity index (χ3n) is 7.34. The Hall–Kier alpha value is -2.92. The zero-order valence-electron chi connectivity index (χ0n) is 16.8. The third kappa shape index (κ3) is 2.72. The van der Waals surface area contributed by atoms with E-state index in [1.165, 1.54) is 4.90 Å². The van der Waals surface area contributed by atoms with Gasteiger partial charge in [0.05, 0.1) is 23.1 Å². The van der Waals surface area contributed by atoms with Crippen LogP contribution >= 0.6 is 11.6 Å². The van der Waals surface area contributed by atoms with Gasteiger partial charge in [0.15, 0.2) is 0 Å². The Balaban J connectivity index is 1.28. The minimum atomic E-state index is -0.553. The molecule has 7 rings (SSSR count). The van der Waals surface area contributed by atoms with E-state index in [9.17, 15) is 14.4 Å². The van der Waals surface area contributed by atoms with Crippen molar-refractivity contribution in [3.8, 4) is 5.75 Å². The number of aryl methyl sites for hydroxylation is 1. The van der Waals surface area contributed by atoms with E-state index in [2.05, 4.69) is 12.2 Å². The summed E-state index contributed by atoms with van der Waals surface area (Å²) < 4.78 is 5.47. The van der Waals surface area contributed by atoms with Crippen molar-refractivity contribution in [1.29, 1.82) is 0 Å². The molecule has 156 valence electrons. The fraction of sp³-hybridized carbons (Fsp3) is 0.320. The van der Waals surface area contributed by atoms with Crippen molar-refractivity contribution >= 4 is 35.1 Å². The number of allylic oxidation sites excluding steroid dienone is 2. The van der Waals surface area contributed by atoms with Crippen LogP contribution in [0.15, 0.2) is 54.6 Å². The summed E-state index contributed by atoms with van der Waals surface area (Å²) in [7, 11) is 0. The molecule has 2 aromatic carbocycles.